The highest BCUT2D eigenvalue weighted by Gasteiger charge is 2.12. The third-order valence-corrected chi connectivity index (χ3v) is 4.50. The Morgan fingerprint density at radius 2 is 1.66 bits per heavy atom. The smallest absolute Gasteiger partial charge is 0.251 e. The molecule has 0 heterocycles. The summed E-state index contributed by atoms with van der Waals surface area (Å²) in [6, 6.07) is 12.9. The second-order valence-corrected chi connectivity index (χ2v) is 6.73. The Labute approximate surface area is 172 Å². The summed E-state index contributed by atoms with van der Waals surface area (Å²) < 4.78 is 10.3. The second kappa shape index (κ2) is 10.4. The van der Waals surface area contributed by atoms with Gasteiger partial charge in [0.1, 0.15) is 0 Å². The molecule has 2 N–H and O–H groups in total. The fourth-order valence-electron chi connectivity index (χ4n) is 3.03. The van der Waals surface area contributed by atoms with E-state index in [2.05, 4.69) is 36.3 Å². The third-order valence-electron chi connectivity index (χ3n) is 4.50. The van der Waals surface area contributed by atoms with Gasteiger partial charge in [0.15, 0.2) is 11.5 Å². The monoisotopic (exact) mass is 399 g/mol. The Hall–Kier alpha value is -3.22. The van der Waals surface area contributed by atoms with Gasteiger partial charge in [-0.25, -0.2) is 0 Å². The van der Waals surface area contributed by atoms with Gasteiger partial charge in [0, 0.05) is 29.5 Å². The van der Waals surface area contributed by atoms with E-state index < -0.39 is 0 Å². The van der Waals surface area contributed by atoms with E-state index in [1.54, 1.807) is 18.2 Å². The van der Waals surface area contributed by atoms with Crippen molar-refractivity contribution in [3.63, 3.8) is 0 Å². The summed E-state index contributed by atoms with van der Waals surface area (Å²) in [6.07, 6.45) is 0. The number of hydrogen-bond donors (Lipinski definition) is 2. The zero-order chi connectivity index (χ0) is 21.4. The fourth-order valence-corrected chi connectivity index (χ4v) is 3.03. The molecule has 7 nitrogen and oxygen atoms in total. The number of ether oxygens (including phenoxy) is 2. The van der Waals surface area contributed by atoms with Gasteiger partial charge in [0.05, 0.1) is 20.8 Å². The number of nitrogens with one attached hydrogen (secondary N) is 2. The maximum absolute atomic E-state index is 12.3. The van der Waals surface area contributed by atoms with Crippen molar-refractivity contribution in [1.82, 2.24) is 5.32 Å². The number of nitrogens with zero attached hydrogens (tertiary/aromatic N) is 1. The van der Waals surface area contributed by atoms with Crippen LogP contribution in [0.4, 0.5) is 11.4 Å². The number of methoxy groups -OCH3 is 2. The summed E-state index contributed by atoms with van der Waals surface area (Å²) >= 11 is 0. The number of hydrogen-bond acceptors (Lipinski definition) is 5. The maximum atomic E-state index is 12.3. The molecule has 0 aliphatic carbocycles. The summed E-state index contributed by atoms with van der Waals surface area (Å²) in [5.74, 6) is 0.311. The molecule has 0 unspecified atom stereocenters. The molecule has 0 spiro atoms. The molecule has 0 atom stereocenters. The summed E-state index contributed by atoms with van der Waals surface area (Å²) in [6.45, 7) is 7.16. The molecule has 29 heavy (non-hydrogen) atoms. The first-order valence-electron chi connectivity index (χ1n) is 9.56. The number of anilines is 2. The highest BCUT2D eigenvalue weighted by Crippen LogP contribution is 2.27. The number of rotatable bonds is 9. The average Bonchev–Trinajstić information content (AvgIpc) is 2.72. The van der Waals surface area contributed by atoms with E-state index in [4.69, 9.17) is 9.47 Å². The van der Waals surface area contributed by atoms with E-state index in [1.165, 1.54) is 14.2 Å². The van der Waals surface area contributed by atoms with Crippen molar-refractivity contribution in [3.05, 3.63) is 48.0 Å². The van der Waals surface area contributed by atoms with Crippen LogP contribution in [0.1, 0.15) is 31.1 Å². The van der Waals surface area contributed by atoms with Gasteiger partial charge in [0.25, 0.3) is 5.91 Å². The molecule has 156 valence electrons. The minimum absolute atomic E-state index is 0.137. The van der Waals surface area contributed by atoms with Crippen molar-refractivity contribution in [2.45, 2.75) is 26.8 Å². The molecule has 7 heteroatoms. The standard InChI is InChI=1S/C22H29N3O4/c1-6-25(15(2)3)18-10-8-17(9-11-18)24-21(26)14-23-22(27)16-7-12-19(28-4)20(13-16)29-5/h7-13,15H,6,14H2,1-5H3,(H,23,27)(H,24,26). The van der Waals surface area contributed by atoms with Crippen molar-refractivity contribution in [1.29, 1.82) is 0 Å². The highest BCUT2D eigenvalue weighted by atomic mass is 16.5. The first-order valence-corrected chi connectivity index (χ1v) is 9.56. The predicted molar refractivity (Wildman–Crippen MR) is 115 cm³/mol. The second-order valence-electron chi connectivity index (χ2n) is 6.73. The van der Waals surface area contributed by atoms with Gasteiger partial charge in [-0.05, 0) is 63.2 Å². The lowest BCUT2D eigenvalue weighted by Gasteiger charge is -2.27. The van der Waals surface area contributed by atoms with E-state index in [9.17, 15) is 9.59 Å². The summed E-state index contributed by atoms with van der Waals surface area (Å²) in [4.78, 5) is 26.7. The van der Waals surface area contributed by atoms with Crippen LogP contribution in [0.5, 0.6) is 11.5 Å². The van der Waals surface area contributed by atoms with Crippen LogP contribution in [-0.4, -0.2) is 45.2 Å². The maximum Gasteiger partial charge on any atom is 0.251 e. The molecular formula is C22H29N3O4. The Morgan fingerprint density at radius 3 is 2.21 bits per heavy atom. The van der Waals surface area contributed by atoms with E-state index in [1.807, 2.05) is 24.3 Å². The number of amides is 2. The number of benzene rings is 2. The van der Waals surface area contributed by atoms with Crippen molar-refractivity contribution in [2.24, 2.45) is 0 Å². The van der Waals surface area contributed by atoms with Crippen LogP contribution in [-0.2, 0) is 4.79 Å². The Morgan fingerprint density at radius 1 is 1.00 bits per heavy atom. The quantitative estimate of drug-likeness (QED) is 0.676. The summed E-state index contributed by atoms with van der Waals surface area (Å²) in [7, 11) is 3.02. The van der Waals surface area contributed by atoms with Crippen LogP contribution in [0.25, 0.3) is 0 Å². The van der Waals surface area contributed by atoms with E-state index in [0.717, 1.165) is 12.2 Å². The molecule has 2 aromatic carbocycles. The minimum Gasteiger partial charge on any atom is -0.493 e. The minimum atomic E-state index is -0.369. The van der Waals surface area contributed by atoms with Gasteiger partial charge < -0.3 is 25.0 Å². The Bertz CT molecular complexity index is 834. The molecule has 0 fully saturated rings. The van der Waals surface area contributed by atoms with Crippen molar-refractivity contribution < 1.29 is 19.1 Å². The van der Waals surface area contributed by atoms with E-state index >= 15 is 0 Å². The van der Waals surface area contributed by atoms with E-state index in [0.29, 0.717) is 28.8 Å². The number of carbonyl (C=O) groups is 2. The molecular weight excluding hydrogens is 370 g/mol. The van der Waals surface area contributed by atoms with Crippen molar-refractivity contribution in [2.75, 3.05) is 37.5 Å². The van der Waals surface area contributed by atoms with Crippen molar-refractivity contribution >= 4 is 23.2 Å². The molecule has 0 bridgehead atoms. The molecule has 0 aliphatic heterocycles. The van der Waals surface area contributed by atoms with Crippen LogP contribution in [0.2, 0.25) is 0 Å². The van der Waals surface area contributed by atoms with Gasteiger partial charge in [-0.2, -0.15) is 0 Å². The normalized spacial score (nSPS) is 10.4. The van der Waals surface area contributed by atoms with Gasteiger partial charge >= 0.3 is 0 Å². The predicted octanol–water partition coefficient (Wildman–Crippen LogP) is 3.31. The Kier molecular flexibility index (Phi) is 7.88. The largest absolute Gasteiger partial charge is 0.493 e. The fraction of sp³-hybridized carbons (Fsp3) is 0.364. The van der Waals surface area contributed by atoms with Crippen LogP contribution in [0.3, 0.4) is 0 Å². The topological polar surface area (TPSA) is 79.9 Å². The first kappa shape index (κ1) is 22.1. The molecule has 2 rings (SSSR count). The summed E-state index contributed by atoms with van der Waals surface area (Å²) in [5.41, 5.74) is 2.16. The average molecular weight is 399 g/mol. The van der Waals surface area contributed by atoms with Crippen LogP contribution >= 0.6 is 0 Å². The zero-order valence-electron chi connectivity index (χ0n) is 17.6. The molecule has 0 saturated carbocycles. The molecule has 0 aliphatic rings. The third kappa shape index (κ3) is 5.88. The van der Waals surface area contributed by atoms with Crippen LogP contribution < -0.4 is 25.0 Å². The first-order chi connectivity index (χ1) is 13.9. The molecule has 0 saturated heterocycles. The summed E-state index contributed by atoms with van der Waals surface area (Å²) in [5, 5.41) is 5.39. The highest BCUT2D eigenvalue weighted by molar-refractivity contribution is 5.99. The lowest BCUT2D eigenvalue weighted by atomic mass is 10.2. The van der Waals surface area contributed by atoms with Gasteiger partial charge in [-0.1, -0.05) is 0 Å². The van der Waals surface area contributed by atoms with Crippen LogP contribution in [0.15, 0.2) is 42.5 Å². The zero-order valence-corrected chi connectivity index (χ0v) is 17.6. The molecule has 0 radical (unpaired) electrons. The van der Waals surface area contributed by atoms with Gasteiger partial charge in [0.2, 0.25) is 5.91 Å². The molecule has 2 amide bonds. The number of carbonyl (C=O) groups excluding carboxylic acids is 2. The Balaban J connectivity index is 1.92. The SMILES string of the molecule is CCN(c1ccc(NC(=O)CNC(=O)c2ccc(OC)c(OC)c2)cc1)C(C)C. The molecule has 0 aromatic heterocycles. The van der Waals surface area contributed by atoms with Gasteiger partial charge in [-0.3, -0.25) is 9.59 Å². The lowest BCUT2D eigenvalue weighted by molar-refractivity contribution is -0.115. The van der Waals surface area contributed by atoms with Crippen LogP contribution in [0, 0.1) is 0 Å². The van der Waals surface area contributed by atoms with E-state index in [-0.39, 0.29) is 18.4 Å². The molecule has 2 aromatic rings. The lowest BCUT2D eigenvalue weighted by Crippen LogP contribution is -2.33. The van der Waals surface area contributed by atoms with Gasteiger partial charge in [-0.15, -0.1) is 0 Å². The van der Waals surface area contributed by atoms with Crippen molar-refractivity contribution in [3.8, 4) is 11.5 Å².